The minimum atomic E-state index is -0.480. The second-order valence-corrected chi connectivity index (χ2v) is 3.86. The SMILES string of the molecule is CCN(CC)C(=O)Nc1cc([N+](=O)[O-])ccc1C. The smallest absolute Gasteiger partial charge is 0.321 e. The number of urea groups is 1. The molecule has 0 unspecified atom stereocenters. The maximum absolute atomic E-state index is 11.9. The Bertz CT molecular complexity index is 456. The van der Waals surface area contributed by atoms with Gasteiger partial charge in [0.05, 0.1) is 10.6 Å². The van der Waals surface area contributed by atoms with Crippen molar-refractivity contribution in [3.05, 3.63) is 33.9 Å². The maximum atomic E-state index is 11.9. The van der Waals surface area contributed by atoms with Crippen LogP contribution in [0.3, 0.4) is 0 Å². The Morgan fingerprint density at radius 1 is 1.39 bits per heavy atom. The Balaban J connectivity index is 2.93. The minimum absolute atomic E-state index is 0.0320. The molecule has 2 amide bonds. The van der Waals surface area contributed by atoms with Crippen molar-refractivity contribution in [2.24, 2.45) is 0 Å². The first kappa shape index (κ1) is 14.0. The molecule has 0 radical (unpaired) electrons. The second kappa shape index (κ2) is 6.00. The zero-order valence-electron chi connectivity index (χ0n) is 10.8. The van der Waals surface area contributed by atoms with Crippen molar-refractivity contribution >= 4 is 17.4 Å². The van der Waals surface area contributed by atoms with Crippen LogP contribution in [0, 0.1) is 17.0 Å². The van der Waals surface area contributed by atoms with Crippen LogP contribution in [0.15, 0.2) is 18.2 Å². The molecule has 98 valence electrons. The first-order valence-electron chi connectivity index (χ1n) is 5.80. The number of benzene rings is 1. The van der Waals surface area contributed by atoms with Gasteiger partial charge in [0.15, 0.2) is 0 Å². The van der Waals surface area contributed by atoms with Crippen molar-refractivity contribution in [3.8, 4) is 0 Å². The Kier molecular flexibility index (Phi) is 4.65. The largest absolute Gasteiger partial charge is 0.325 e. The molecule has 1 aromatic rings. The van der Waals surface area contributed by atoms with Gasteiger partial charge < -0.3 is 10.2 Å². The molecule has 0 aliphatic carbocycles. The lowest BCUT2D eigenvalue weighted by molar-refractivity contribution is -0.384. The summed E-state index contributed by atoms with van der Waals surface area (Å²) in [6.07, 6.45) is 0. The minimum Gasteiger partial charge on any atom is -0.325 e. The Morgan fingerprint density at radius 3 is 2.50 bits per heavy atom. The number of nitrogens with one attached hydrogen (secondary N) is 1. The van der Waals surface area contributed by atoms with Crippen LogP contribution in [0.4, 0.5) is 16.2 Å². The highest BCUT2D eigenvalue weighted by molar-refractivity contribution is 5.90. The third-order valence-electron chi connectivity index (χ3n) is 2.72. The average molecular weight is 251 g/mol. The van der Waals surface area contributed by atoms with E-state index in [1.165, 1.54) is 12.1 Å². The zero-order valence-corrected chi connectivity index (χ0v) is 10.8. The highest BCUT2D eigenvalue weighted by atomic mass is 16.6. The summed E-state index contributed by atoms with van der Waals surface area (Å²) in [4.78, 5) is 23.7. The molecular formula is C12H17N3O3. The number of hydrogen-bond acceptors (Lipinski definition) is 3. The van der Waals surface area contributed by atoms with Crippen LogP contribution < -0.4 is 5.32 Å². The third kappa shape index (κ3) is 3.19. The second-order valence-electron chi connectivity index (χ2n) is 3.86. The molecule has 1 N–H and O–H groups in total. The van der Waals surface area contributed by atoms with Crippen LogP contribution in [-0.2, 0) is 0 Å². The molecule has 0 saturated carbocycles. The Morgan fingerprint density at radius 2 is 2.00 bits per heavy atom. The van der Waals surface area contributed by atoms with Gasteiger partial charge in [0.1, 0.15) is 0 Å². The van der Waals surface area contributed by atoms with Gasteiger partial charge in [0.25, 0.3) is 5.69 Å². The van der Waals surface area contributed by atoms with Gasteiger partial charge in [-0.15, -0.1) is 0 Å². The number of nitro groups is 1. The molecule has 0 aliphatic heterocycles. The first-order valence-corrected chi connectivity index (χ1v) is 5.80. The van der Waals surface area contributed by atoms with E-state index in [2.05, 4.69) is 5.32 Å². The standard InChI is InChI=1S/C12H17N3O3/c1-4-14(5-2)12(16)13-11-8-10(15(17)18)7-6-9(11)3/h6-8H,4-5H2,1-3H3,(H,13,16). The molecule has 0 heterocycles. The molecule has 0 saturated heterocycles. The predicted octanol–water partition coefficient (Wildman–Crippen LogP) is 2.78. The number of nitro benzene ring substituents is 1. The van der Waals surface area contributed by atoms with Gasteiger partial charge in [-0.25, -0.2) is 4.79 Å². The van der Waals surface area contributed by atoms with E-state index in [1.807, 2.05) is 13.8 Å². The summed E-state index contributed by atoms with van der Waals surface area (Å²) < 4.78 is 0. The third-order valence-corrected chi connectivity index (χ3v) is 2.72. The summed E-state index contributed by atoms with van der Waals surface area (Å²) >= 11 is 0. The normalized spacial score (nSPS) is 9.94. The lowest BCUT2D eigenvalue weighted by Crippen LogP contribution is -2.34. The molecule has 0 aliphatic rings. The maximum Gasteiger partial charge on any atom is 0.321 e. The van der Waals surface area contributed by atoms with Gasteiger partial charge >= 0.3 is 6.03 Å². The fourth-order valence-electron chi connectivity index (χ4n) is 1.56. The summed E-state index contributed by atoms with van der Waals surface area (Å²) in [5.74, 6) is 0. The van der Waals surface area contributed by atoms with E-state index in [-0.39, 0.29) is 11.7 Å². The number of carbonyl (C=O) groups excluding carboxylic acids is 1. The average Bonchev–Trinajstić information content (AvgIpc) is 2.33. The summed E-state index contributed by atoms with van der Waals surface area (Å²) in [5.41, 5.74) is 1.23. The van der Waals surface area contributed by atoms with Gasteiger partial charge in [-0.1, -0.05) is 6.07 Å². The Labute approximate surface area is 106 Å². The number of amides is 2. The highest BCUT2D eigenvalue weighted by Gasteiger charge is 2.13. The lowest BCUT2D eigenvalue weighted by atomic mass is 10.2. The van der Waals surface area contributed by atoms with Gasteiger partial charge in [-0.2, -0.15) is 0 Å². The van der Waals surface area contributed by atoms with E-state index in [0.717, 1.165) is 5.56 Å². The van der Waals surface area contributed by atoms with E-state index in [0.29, 0.717) is 18.8 Å². The lowest BCUT2D eigenvalue weighted by Gasteiger charge is -2.19. The van der Waals surface area contributed by atoms with Gasteiger partial charge in [0, 0.05) is 25.2 Å². The summed E-state index contributed by atoms with van der Waals surface area (Å²) in [6, 6.07) is 4.17. The topological polar surface area (TPSA) is 75.5 Å². The molecule has 6 heteroatoms. The van der Waals surface area contributed by atoms with Gasteiger partial charge in [-0.05, 0) is 26.3 Å². The Hall–Kier alpha value is -2.11. The van der Waals surface area contributed by atoms with Crippen molar-refractivity contribution < 1.29 is 9.72 Å². The number of rotatable bonds is 4. The molecule has 6 nitrogen and oxygen atoms in total. The van der Waals surface area contributed by atoms with E-state index < -0.39 is 4.92 Å². The van der Waals surface area contributed by atoms with Gasteiger partial charge in [-0.3, -0.25) is 10.1 Å². The summed E-state index contributed by atoms with van der Waals surface area (Å²) in [7, 11) is 0. The summed E-state index contributed by atoms with van der Waals surface area (Å²) in [6.45, 7) is 6.74. The van der Waals surface area contributed by atoms with Crippen molar-refractivity contribution in [2.45, 2.75) is 20.8 Å². The quantitative estimate of drug-likeness (QED) is 0.660. The van der Waals surface area contributed by atoms with Crippen molar-refractivity contribution in [1.29, 1.82) is 0 Å². The summed E-state index contributed by atoms with van der Waals surface area (Å²) in [5, 5.41) is 13.4. The first-order chi connectivity index (χ1) is 8.49. The molecule has 0 aromatic heterocycles. The number of non-ortho nitro benzene ring substituents is 1. The fraction of sp³-hybridized carbons (Fsp3) is 0.417. The molecule has 18 heavy (non-hydrogen) atoms. The van der Waals surface area contributed by atoms with Crippen LogP contribution in [0.5, 0.6) is 0 Å². The molecular weight excluding hydrogens is 234 g/mol. The van der Waals surface area contributed by atoms with Crippen LogP contribution in [0.2, 0.25) is 0 Å². The molecule has 1 rings (SSSR count). The molecule has 1 aromatic carbocycles. The highest BCUT2D eigenvalue weighted by Crippen LogP contribution is 2.22. The van der Waals surface area contributed by atoms with Crippen LogP contribution in [-0.4, -0.2) is 28.9 Å². The van der Waals surface area contributed by atoms with Crippen molar-refractivity contribution in [2.75, 3.05) is 18.4 Å². The van der Waals surface area contributed by atoms with E-state index in [9.17, 15) is 14.9 Å². The van der Waals surface area contributed by atoms with E-state index >= 15 is 0 Å². The zero-order chi connectivity index (χ0) is 13.7. The monoisotopic (exact) mass is 251 g/mol. The number of anilines is 1. The number of nitrogens with zero attached hydrogens (tertiary/aromatic N) is 2. The van der Waals surface area contributed by atoms with Crippen LogP contribution in [0.25, 0.3) is 0 Å². The van der Waals surface area contributed by atoms with E-state index in [1.54, 1.807) is 17.9 Å². The van der Waals surface area contributed by atoms with E-state index in [4.69, 9.17) is 0 Å². The molecule has 0 fully saturated rings. The molecule has 0 spiro atoms. The van der Waals surface area contributed by atoms with Crippen LogP contribution >= 0.6 is 0 Å². The van der Waals surface area contributed by atoms with Crippen molar-refractivity contribution in [3.63, 3.8) is 0 Å². The van der Waals surface area contributed by atoms with Gasteiger partial charge in [0.2, 0.25) is 0 Å². The fourth-order valence-corrected chi connectivity index (χ4v) is 1.56. The van der Waals surface area contributed by atoms with Crippen LogP contribution in [0.1, 0.15) is 19.4 Å². The molecule has 0 atom stereocenters. The van der Waals surface area contributed by atoms with Crippen molar-refractivity contribution in [1.82, 2.24) is 4.90 Å². The predicted molar refractivity (Wildman–Crippen MR) is 69.8 cm³/mol. The molecule has 0 bridgehead atoms. The number of carbonyl (C=O) groups is 1. The number of aryl methyl sites for hydroxylation is 1. The number of hydrogen-bond donors (Lipinski definition) is 1.